The van der Waals surface area contributed by atoms with Gasteiger partial charge < -0.3 is 0 Å². The van der Waals surface area contributed by atoms with E-state index in [1.807, 2.05) is 24.6 Å². The zero-order valence-electron chi connectivity index (χ0n) is 9.48. The largest absolute Gasteiger partial charge is 0.271 e. The van der Waals surface area contributed by atoms with Crippen molar-refractivity contribution in [2.75, 3.05) is 0 Å². The Morgan fingerprint density at radius 3 is 2.65 bits per heavy atom. The van der Waals surface area contributed by atoms with Crippen LogP contribution in [0.4, 0.5) is 0 Å². The molecule has 0 radical (unpaired) electrons. The summed E-state index contributed by atoms with van der Waals surface area (Å²) >= 11 is 5.07. The number of rotatable bonds is 4. The van der Waals surface area contributed by atoms with Crippen molar-refractivity contribution in [2.45, 2.75) is 19.4 Å². The second kappa shape index (κ2) is 5.73. The van der Waals surface area contributed by atoms with Crippen LogP contribution in [0.2, 0.25) is 0 Å². The first-order chi connectivity index (χ1) is 8.20. The third-order valence-corrected chi connectivity index (χ3v) is 4.23. The summed E-state index contributed by atoms with van der Waals surface area (Å²) in [5.41, 5.74) is 7.03. The average Bonchev–Trinajstić information content (AvgIpc) is 2.75. The van der Waals surface area contributed by atoms with Gasteiger partial charge in [0.2, 0.25) is 0 Å². The molecule has 0 saturated carbocycles. The zero-order valence-corrected chi connectivity index (χ0v) is 11.9. The van der Waals surface area contributed by atoms with Crippen LogP contribution >= 0.6 is 27.3 Å². The molecule has 1 aromatic carbocycles. The number of aromatic nitrogens is 1. The molecule has 1 heterocycles. The highest BCUT2D eigenvalue weighted by molar-refractivity contribution is 9.10. The standard InChI is InChI=1S/C12H14BrN3S/c1-8-12(17-7-15-8)11(16-14)6-9-2-4-10(13)5-3-9/h2-5,7,11,16H,6,14H2,1H3. The van der Waals surface area contributed by atoms with Gasteiger partial charge in [0, 0.05) is 9.35 Å². The average molecular weight is 312 g/mol. The maximum Gasteiger partial charge on any atom is 0.0798 e. The monoisotopic (exact) mass is 311 g/mol. The van der Waals surface area contributed by atoms with Gasteiger partial charge in [0.1, 0.15) is 0 Å². The highest BCUT2D eigenvalue weighted by Crippen LogP contribution is 2.24. The number of aryl methyl sites for hydroxylation is 1. The van der Waals surface area contributed by atoms with Crippen molar-refractivity contribution >= 4 is 27.3 Å². The molecule has 5 heteroatoms. The third-order valence-electron chi connectivity index (χ3n) is 2.65. The Morgan fingerprint density at radius 1 is 1.41 bits per heavy atom. The Hall–Kier alpha value is -0.750. The van der Waals surface area contributed by atoms with Crippen LogP contribution in [0, 0.1) is 6.92 Å². The third kappa shape index (κ3) is 3.13. The Morgan fingerprint density at radius 2 is 2.12 bits per heavy atom. The molecule has 1 unspecified atom stereocenters. The van der Waals surface area contributed by atoms with Crippen LogP contribution in [-0.4, -0.2) is 4.98 Å². The van der Waals surface area contributed by atoms with Gasteiger partial charge in [0.15, 0.2) is 0 Å². The van der Waals surface area contributed by atoms with Gasteiger partial charge in [-0.3, -0.25) is 11.3 Å². The fourth-order valence-electron chi connectivity index (χ4n) is 1.73. The molecular formula is C12H14BrN3S. The van der Waals surface area contributed by atoms with Gasteiger partial charge in [-0.05, 0) is 31.0 Å². The fourth-order valence-corrected chi connectivity index (χ4v) is 2.86. The number of nitrogens with zero attached hydrogens (tertiary/aromatic N) is 1. The van der Waals surface area contributed by atoms with Crippen LogP contribution in [0.3, 0.4) is 0 Å². The number of hydrogen-bond acceptors (Lipinski definition) is 4. The SMILES string of the molecule is Cc1ncsc1C(Cc1ccc(Br)cc1)NN. The van der Waals surface area contributed by atoms with Gasteiger partial charge >= 0.3 is 0 Å². The molecular weight excluding hydrogens is 298 g/mol. The molecule has 0 aliphatic heterocycles. The van der Waals surface area contributed by atoms with Crippen molar-refractivity contribution < 1.29 is 0 Å². The van der Waals surface area contributed by atoms with Gasteiger partial charge in [0.05, 0.1) is 17.2 Å². The van der Waals surface area contributed by atoms with Crippen molar-refractivity contribution in [1.82, 2.24) is 10.4 Å². The van der Waals surface area contributed by atoms with E-state index < -0.39 is 0 Å². The first-order valence-corrected chi connectivity index (χ1v) is 6.98. The molecule has 2 aromatic rings. The summed E-state index contributed by atoms with van der Waals surface area (Å²) in [7, 11) is 0. The quantitative estimate of drug-likeness (QED) is 0.674. The van der Waals surface area contributed by atoms with Gasteiger partial charge in [-0.2, -0.15) is 0 Å². The molecule has 0 fully saturated rings. The summed E-state index contributed by atoms with van der Waals surface area (Å²) in [4.78, 5) is 5.46. The Labute approximate surface area is 113 Å². The lowest BCUT2D eigenvalue weighted by Gasteiger charge is -2.15. The lowest BCUT2D eigenvalue weighted by molar-refractivity contribution is 0.557. The van der Waals surface area contributed by atoms with Gasteiger partial charge in [-0.25, -0.2) is 4.98 Å². The minimum absolute atomic E-state index is 0.128. The van der Waals surface area contributed by atoms with Gasteiger partial charge in [-0.1, -0.05) is 28.1 Å². The van der Waals surface area contributed by atoms with E-state index in [2.05, 4.69) is 38.5 Å². The number of halogens is 1. The molecule has 3 N–H and O–H groups in total. The molecule has 0 aliphatic carbocycles. The number of hydrazine groups is 1. The summed E-state index contributed by atoms with van der Waals surface area (Å²) in [6, 6.07) is 8.42. The predicted octanol–water partition coefficient (Wildman–Crippen LogP) is 2.96. The minimum Gasteiger partial charge on any atom is -0.271 e. The number of benzene rings is 1. The van der Waals surface area contributed by atoms with E-state index in [1.165, 1.54) is 10.4 Å². The Balaban J connectivity index is 2.16. The molecule has 0 bridgehead atoms. The van der Waals surface area contributed by atoms with E-state index >= 15 is 0 Å². The lowest BCUT2D eigenvalue weighted by Crippen LogP contribution is -2.29. The number of nitrogens with one attached hydrogen (secondary N) is 1. The van der Waals surface area contributed by atoms with Crippen LogP contribution < -0.4 is 11.3 Å². The minimum atomic E-state index is 0.128. The van der Waals surface area contributed by atoms with Crippen molar-refractivity contribution in [3.05, 3.63) is 50.4 Å². The number of nitrogens with two attached hydrogens (primary N) is 1. The molecule has 90 valence electrons. The van der Waals surface area contributed by atoms with E-state index in [9.17, 15) is 0 Å². The fraction of sp³-hybridized carbons (Fsp3) is 0.250. The highest BCUT2D eigenvalue weighted by atomic mass is 79.9. The first kappa shape index (κ1) is 12.7. The molecule has 1 atom stereocenters. The van der Waals surface area contributed by atoms with Crippen molar-refractivity contribution in [3.63, 3.8) is 0 Å². The summed E-state index contributed by atoms with van der Waals surface area (Å²) < 4.78 is 1.09. The smallest absolute Gasteiger partial charge is 0.0798 e. The van der Waals surface area contributed by atoms with Gasteiger partial charge in [-0.15, -0.1) is 11.3 Å². The molecule has 3 nitrogen and oxygen atoms in total. The normalized spacial score (nSPS) is 12.6. The highest BCUT2D eigenvalue weighted by Gasteiger charge is 2.15. The van der Waals surface area contributed by atoms with Crippen molar-refractivity contribution in [3.8, 4) is 0 Å². The van der Waals surface area contributed by atoms with Crippen molar-refractivity contribution in [1.29, 1.82) is 0 Å². The summed E-state index contributed by atoms with van der Waals surface area (Å²) in [6.45, 7) is 2.01. The van der Waals surface area contributed by atoms with E-state index in [-0.39, 0.29) is 6.04 Å². The first-order valence-electron chi connectivity index (χ1n) is 5.31. The van der Waals surface area contributed by atoms with Crippen LogP contribution in [0.5, 0.6) is 0 Å². The van der Waals surface area contributed by atoms with E-state index in [0.717, 1.165) is 16.6 Å². The van der Waals surface area contributed by atoms with Crippen LogP contribution in [0.1, 0.15) is 22.2 Å². The molecule has 2 rings (SSSR count). The molecule has 0 saturated heterocycles. The van der Waals surface area contributed by atoms with Crippen LogP contribution in [0.25, 0.3) is 0 Å². The van der Waals surface area contributed by atoms with E-state index in [1.54, 1.807) is 11.3 Å². The maximum atomic E-state index is 5.63. The lowest BCUT2D eigenvalue weighted by atomic mass is 10.0. The topological polar surface area (TPSA) is 50.9 Å². The second-order valence-corrected chi connectivity index (χ2v) is 5.65. The Kier molecular flexibility index (Phi) is 4.28. The van der Waals surface area contributed by atoms with Crippen molar-refractivity contribution in [2.24, 2.45) is 5.84 Å². The van der Waals surface area contributed by atoms with Crippen LogP contribution in [-0.2, 0) is 6.42 Å². The van der Waals surface area contributed by atoms with E-state index in [0.29, 0.717) is 0 Å². The predicted molar refractivity (Wildman–Crippen MR) is 74.8 cm³/mol. The molecule has 1 aromatic heterocycles. The maximum absolute atomic E-state index is 5.63. The summed E-state index contributed by atoms with van der Waals surface area (Å²) in [5.74, 6) is 5.63. The molecule has 0 amide bonds. The van der Waals surface area contributed by atoms with Crippen LogP contribution in [0.15, 0.2) is 34.2 Å². The number of hydrogen-bond donors (Lipinski definition) is 2. The molecule has 17 heavy (non-hydrogen) atoms. The summed E-state index contributed by atoms with van der Waals surface area (Å²) in [5, 5.41) is 0. The second-order valence-electron chi connectivity index (χ2n) is 3.85. The molecule has 0 spiro atoms. The Bertz CT molecular complexity index is 481. The molecule has 0 aliphatic rings. The van der Waals surface area contributed by atoms with Gasteiger partial charge in [0.25, 0.3) is 0 Å². The zero-order chi connectivity index (χ0) is 12.3. The number of thiazole rings is 1. The van der Waals surface area contributed by atoms with E-state index in [4.69, 9.17) is 5.84 Å². The summed E-state index contributed by atoms with van der Waals surface area (Å²) in [6.07, 6.45) is 0.868.